The molecule has 38 heavy (non-hydrogen) atoms. The van der Waals surface area contributed by atoms with E-state index in [1.54, 1.807) is 37.1 Å². The Bertz CT molecular complexity index is 1520. The first kappa shape index (κ1) is 25.2. The van der Waals surface area contributed by atoms with Crippen molar-refractivity contribution in [3.63, 3.8) is 0 Å². The van der Waals surface area contributed by atoms with Crippen LogP contribution in [-0.2, 0) is 11.4 Å². The third-order valence-corrected chi connectivity index (χ3v) is 6.62. The second-order valence-corrected chi connectivity index (χ2v) is 8.94. The number of carbonyl (C=O) groups is 1. The summed E-state index contributed by atoms with van der Waals surface area (Å²) in [5.74, 6) is 1.86. The molecule has 1 atom stereocenters. The molecule has 1 aromatic heterocycles. The van der Waals surface area contributed by atoms with Gasteiger partial charge in [0.1, 0.15) is 36.2 Å². The highest BCUT2D eigenvalue weighted by molar-refractivity contribution is 6.31. The maximum Gasteiger partial charge on any atom is 0.255 e. The Morgan fingerprint density at radius 1 is 1.05 bits per heavy atom. The fourth-order valence-corrected chi connectivity index (χ4v) is 4.57. The Morgan fingerprint density at radius 3 is 2.63 bits per heavy atom. The van der Waals surface area contributed by atoms with Crippen molar-refractivity contribution in [2.24, 2.45) is 0 Å². The molecule has 0 aliphatic carbocycles. The second kappa shape index (κ2) is 10.9. The number of fused-ring (bicyclic) bond motifs is 1. The summed E-state index contributed by atoms with van der Waals surface area (Å²) in [6, 6.07) is 19.7. The average Bonchev–Trinajstić information content (AvgIpc) is 3.40. The molecule has 4 aromatic rings. The van der Waals surface area contributed by atoms with Gasteiger partial charge in [-0.2, -0.15) is 10.1 Å². The molecule has 2 heterocycles. The van der Waals surface area contributed by atoms with Gasteiger partial charge in [-0.15, -0.1) is 0 Å². The molecule has 1 amide bonds. The topological polar surface area (TPSA) is 99.5 Å². The summed E-state index contributed by atoms with van der Waals surface area (Å²) >= 11 is 6.35. The van der Waals surface area contributed by atoms with Gasteiger partial charge in [-0.3, -0.25) is 4.79 Å². The molecule has 5 rings (SSSR count). The van der Waals surface area contributed by atoms with Gasteiger partial charge in [0, 0.05) is 27.9 Å². The van der Waals surface area contributed by atoms with E-state index in [0.29, 0.717) is 45.2 Å². The van der Waals surface area contributed by atoms with Crippen molar-refractivity contribution in [2.75, 3.05) is 24.9 Å². The number of amides is 1. The van der Waals surface area contributed by atoms with Crippen molar-refractivity contribution < 1.29 is 19.0 Å². The highest BCUT2D eigenvalue weighted by atomic mass is 35.5. The molecular formula is C28H26ClN5O4. The van der Waals surface area contributed by atoms with Crippen LogP contribution < -0.4 is 24.8 Å². The number of hydrogen-bond acceptors (Lipinski definition) is 7. The van der Waals surface area contributed by atoms with Gasteiger partial charge in [0.15, 0.2) is 0 Å². The van der Waals surface area contributed by atoms with E-state index in [1.165, 1.54) is 6.33 Å². The minimum atomic E-state index is -0.618. The SMILES string of the molecule is COc1ccc(OC)c(NC(=O)C2=C(C)Nc3ncnn3C2c2ccccc2OCc2ccccc2Cl)c1. The Kier molecular flexibility index (Phi) is 7.19. The number of nitrogens with zero attached hydrogens (tertiary/aromatic N) is 3. The van der Waals surface area contributed by atoms with Gasteiger partial charge < -0.3 is 24.8 Å². The van der Waals surface area contributed by atoms with E-state index in [9.17, 15) is 4.79 Å². The summed E-state index contributed by atoms with van der Waals surface area (Å²) in [4.78, 5) is 18.2. The van der Waals surface area contributed by atoms with E-state index in [1.807, 2.05) is 55.5 Å². The molecular weight excluding hydrogens is 506 g/mol. The lowest BCUT2D eigenvalue weighted by Crippen LogP contribution is -2.31. The highest BCUT2D eigenvalue weighted by Gasteiger charge is 2.35. The van der Waals surface area contributed by atoms with E-state index in [2.05, 4.69) is 20.7 Å². The number of allylic oxidation sites excluding steroid dienone is 1. The zero-order chi connectivity index (χ0) is 26.6. The Labute approximate surface area is 225 Å². The van der Waals surface area contributed by atoms with E-state index in [4.69, 9.17) is 25.8 Å². The van der Waals surface area contributed by atoms with Crippen molar-refractivity contribution in [1.82, 2.24) is 14.8 Å². The maximum atomic E-state index is 13.9. The monoisotopic (exact) mass is 531 g/mol. The first-order chi connectivity index (χ1) is 18.5. The number of rotatable bonds is 8. The van der Waals surface area contributed by atoms with Crippen molar-refractivity contribution in [3.8, 4) is 17.2 Å². The van der Waals surface area contributed by atoms with Gasteiger partial charge in [0.25, 0.3) is 5.91 Å². The molecule has 9 nitrogen and oxygen atoms in total. The van der Waals surface area contributed by atoms with Gasteiger partial charge in [-0.25, -0.2) is 4.68 Å². The molecule has 194 valence electrons. The summed E-state index contributed by atoms with van der Waals surface area (Å²) in [6.07, 6.45) is 1.45. The fraction of sp³-hybridized carbons (Fsp3) is 0.179. The summed E-state index contributed by atoms with van der Waals surface area (Å²) in [5, 5.41) is 11.2. The summed E-state index contributed by atoms with van der Waals surface area (Å²) < 4.78 is 18.7. The van der Waals surface area contributed by atoms with Crippen LogP contribution in [0.3, 0.4) is 0 Å². The number of aromatic nitrogens is 3. The molecule has 1 aliphatic heterocycles. The predicted octanol–water partition coefficient (Wildman–Crippen LogP) is 5.46. The largest absolute Gasteiger partial charge is 0.497 e. The normalized spacial score (nSPS) is 14.4. The zero-order valence-corrected chi connectivity index (χ0v) is 21.8. The molecule has 1 aliphatic rings. The van der Waals surface area contributed by atoms with E-state index in [-0.39, 0.29) is 12.5 Å². The number of halogens is 1. The quantitative estimate of drug-likeness (QED) is 0.311. The molecule has 3 aromatic carbocycles. The molecule has 0 saturated carbocycles. The van der Waals surface area contributed by atoms with Crippen LogP contribution in [0.25, 0.3) is 0 Å². The number of carbonyl (C=O) groups excluding carboxylic acids is 1. The number of benzene rings is 3. The summed E-state index contributed by atoms with van der Waals surface area (Å²) in [5.41, 5.74) is 3.15. The van der Waals surface area contributed by atoms with Crippen LogP contribution in [0, 0.1) is 0 Å². The van der Waals surface area contributed by atoms with Crippen molar-refractivity contribution in [2.45, 2.75) is 19.6 Å². The summed E-state index contributed by atoms with van der Waals surface area (Å²) in [7, 11) is 3.11. The smallest absolute Gasteiger partial charge is 0.255 e. The van der Waals surface area contributed by atoms with Crippen LogP contribution >= 0.6 is 11.6 Å². The number of hydrogen-bond donors (Lipinski definition) is 2. The van der Waals surface area contributed by atoms with Gasteiger partial charge in [0.2, 0.25) is 5.95 Å². The Hall–Kier alpha value is -4.50. The molecule has 0 fully saturated rings. The minimum Gasteiger partial charge on any atom is -0.497 e. The van der Waals surface area contributed by atoms with Crippen molar-refractivity contribution in [1.29, 1.82) is 0 Å². The lowest BCUT2D eigenvalue weighted by Gasteiger charge is -2.30. The molecule has 10 heteroatoms. The first-order valence-electron chi connectivity index (χ1n) is 11.9. The van der Waals surface area contributed by atoms with Crippen molar-refractivity contribution in [3.05, 3.63) is 100 Å². The lowest BCUT2D eigenvalue weighted by atomic mass is 9.94. The number of nitrogens with one attached hydrogen (secondary N) is 2. The molecule has 0 bridgehead atoms. The third kappa shape index (κ3) is 4.88. The third-order valence-electron chi connectivity index (χ3n) is 6.25. The predicted molar refractivity (Wildman–Crippen MR) is 145 cm³/mol. The van der Waals surface area contributed by atoms with Gasteiger partial charge in [0.05, 0.1) is 25.5 Å². The van der Waals surface area contributed by atoms with Crippen LogP contribution in [0.2, 0.25) is 5.02 Å². The van der Waals surface area contributed by atoms with Crippen LogP contribution in [-0.4, -0.2) is 34.9 Å². The molecule has 0 saturated heterocycles. The van der Waals surface area contributed by atoms with Crippen molar-refractivity contribution >= 4 is 29.1 Å². The van der Waals surface area contributed by atoms with Gasteiger partial charge in [-0.1, -0.05) is 48.0 Å². The van der Waals surface area contributed by atoms with E-state index < -0.39 is 6.04 Å². The standard InChI is InChI=1S/C28H26ClN5O4/c1-17-25(27(35)33-22-14-19(36-2)12-13-24(22)37-3)26(34-28(32-17)30-16-31-34)20-9-5-7-11-23(20)38-15-18-8-4-6-10-21(18)29/h4-14,16,26H,15H2,1-3H3,(H,33,35)(H,30,31,32). The van der Waals surface area contributed by atoms with Crippen LogP contribution in [0.1, 0.15) is 24.1 Å². The molecule has 1 unspecified atom stereocenters. The number of anilines is 2. The van der Waals surface area contributed by atoms with E-state index in [0.717, 1.165) is 11.1 Å². The van der Waals surface area contributed by atoms with Gasteiger partial charge >= 0.3 is 0 Å². The second-order valence-electron chi connectivity index (χ2n) is 8.53. The van der Waals surface area contributed by atoms with E-state index >= 15 is 0 Å². The first-order valence-corrected chi connectivity index (χ1v) is 12.2. The number of para-hydroxylation sites is 1. The average molecular weight is 532 g/mol. The minimum absolute atomic E-state index is 0.261. The molecule has 0 spiro atoms. The lowest BCUT2D eigenvalue weighted by molar-refractivity contribution is -0.113. The zero-order valence-electron chi connectivity index (χ0n) is 21.1. The molecule has 2 N–H and O–H groups in total. The Morgan fingerprint density at radius 2 is 1.84 bits per heavy atom. The number of ether oxygens (including phenoxy) is 3. The fourth-order valence-electron chi connectivity index (χ4n) is 4.38. The van der Waals surface area contributed by atoms with Crippen LogP contribution in [0.4, 0.5) is 11.6 Å². The Balaban J connectivity index is 1.53. The van der Waals surface area contributed by atoms with Crippen LogP contribution in [0.5, 0.6) is 17.2 Å². The highest BCUT2D eigenvalue weighted by Crippen LogP contribution is 2.40. The number of methoxy groups -OCH3 is 2. The van der Waals surface area contributed by atoms with Gasteiger partial charge in [-0.05, 0) is 31.2 Å². The van der Waals surface area contributed by atoms with Crippen LogP contribution in [0.15, 0.2) is 84.3 Å². The summed E-state index contributed by atoms with van der Waals surface area (Å²) in [6.45, 7) is 2.09. The molecule has 0 radical (unpaired) electrons. The maximum absolute atomic E-state index is 13.9.